The van der Waals surface area contributed by atoms with Gasteiger partial charge in [0.1, 0.15) is 6.54 Å². The van der Waals surface area contributed by atoms with Gasteiger partial charge in [-0.25, -0.2) is 0 Å². The summed E-state index contributed by atoms with van der Waals surface area (Å²) in [4.78, 5) is 1.16. The summed E-state index contributed by atoms with van der Waals surface area (Å²) in [5.74, 6) is 0. The third-order valence-electron chi connectivity index (χ3n) is 1.68. The third-order valence-corrected chi connectivity index (χ3v) is 2.21. The van der Waals surface area contributed by atoms with Gasteiger partial charge in [0.15, 0.2) is 0 Å². The molecular weight excluding hydrogens is 259 g/mol. The fraction of sp³-hybridized carbons (Fsp3) is 0.333. The zero-order chi connectivity index (χ0) is 10.8. The van der Waals surface area contributed by atoms with Gasteiger partial charge in [-0.3, -0.25) is 0 Å². The van der Waals surface area contributed by atoms with Crippen molar-refractivity contribution < 1.29 is 13.2 Å². The van der Waals surface area contributed by atoms with Crippen LogP contribution in [0.5, 0.6) is 0 Å². The quantitative estimate of drug-likeness (QED) is 0.794. The molecule has 0 N–H and O–H groups in total. The topological polar surface area (TPSA) is 3.24 Å². The van der Waals surface area contributed by atoms with Crippen LogP contribution < -0.4 is 4.90 Å². The number of rotatable bonds is 2. The van der Waals surface area contributed by atoms with Gasteiger partial charge in [0.25, 0.3) is 0 Å². The Morgan fingerprint density at radius 3 is 2.14 bits per heavy atom. The van der Waals surface area contributed by atoms with Crippen LogP contribution in [0.25, 0.3) is 0 Å². The van der Waals surface area contributed by atoms with Crippen molar-refractivity contribution in [3.63, 3.8) is 0 Å². The van der Waals surface area contributed by atoms with Crippen molar-refractivity contribution >= 4 is 21.6 Å². The van der Waals surface area contributed by atoms with Crippen LogP contribution >= 0.6 is 15.9 Å². The molecule has 1 aromatic carbocycles. The minimum absolute atomic E-state index is 0.547. The van der Waals surface area contributed by atoms with Crippen molar-refractivity contribution in [2.24, 2.45) is 0 Å². The minimum atomic E-state index is -4.16. The summed E-state index contributed by atoms with van der Waals surface area (Å²) < 4.78 is 36.9. The van der Waals surface area contributed by atoms with Crippen molar-refractivity contribution in [3.8, 4) is 0 Å². The Morgan fingerprint density at radius 2 is 1.71 bits per heavy atom. The van der Waals surface area contributed by atoms with Crippen molar-refractivity contribution in [2.45, 2.75) is 6.18 Å². The monoisotopic (exact) mass is 267 g/mol. The maximum Gasteiger partial charge on any atom is 0.405 e. The molecule has 0 bridgehead atoms. The van der Waals surface area contributed by atoms with Gasteiger partial charge in [-0.15, -0.1) is 0 Å². The highest BCUT2D eigenvalue weighted by Crippen LogP contribution is 2.22. The standard InChI is InChI=1S/C9H9BrF3N/c1-14(6-9(11,12)13)8-4-2-7(10)3-5-8/h2-5H,6H2,1H3. The largest absolute Gasteiger partial charge is 0.405 e. The van der Waals surface area contributed by atoms with E-state index in [1.807, 2.05) is 0 Å². The number of halogens is 4. The van der Waals surface area contributed by atoms with E-state index in [2.05, 4.69) is 15.9 Å². The molecule has 0 saturated carbocycles. The van der Waals surface area contributed by atoms with E-state index in [0.717, 1.165) is 9.37 Å². The molecule has 0 atom stereocenters. The van der Waals surface area contributed by atoms with Gasteiger partial charge in [0.05, 0.1) is 0 Å². The first-order valence-electron chi connectivity index (χ1n) is 3.92. The van der Waals surface area contributed by atoms with E-state index >= 15 is 0 Å². The molecule has 14 heavy (non-hydrogen) atoms. The molecular formula is C9H9BrF3N. The second-order valence-corrected chi connectivity index (χ2v) is 3.86. The van der Waals surface area contributed by atoms with Crippen molar-refractivity contribution in [1.82, 2.24) is 0 Å². The van der Waals surface area contributed by atoms with Gasteiger partial charge in [-0.1, -0.05) is 15.9 Å². The Balaban J connectivity index is 2.70. The number of nitrogens with zero attached hydrogens (tertiary/aromatic N) is 1. The summed E-state index contributed by atoms with van der Waals surface area (Å²) in [6.45, 7) is -0.936. The Hall–Kier alpha value is -0.710. The highest BCUT2D eigenvalue weighted by Gasteiger charge is 2.29. The number of benzene rings is 1. The molecule has 78 valence electrons. The van der Waals surface area contributed by atoms with Crippen LogP contribution in [-0.4, -0.2) is 19.8 Å². The lowest BCUT2D eigenvalue weighted by atomic mass is 10.3. The van der Waals surface area contributed by atoms with Crippen LogP contribution in [0, 0.1) is 0 Å². The van der Waals surface area contributed by atoms with E-state index in [-0.39, 0.29) is 0 Å². The van der Waals surface area contributed by atoms with E-state index < -0.39 is 12.7 Å². The number of hydrogen-bond acceptors (Lipinski definition) is 1. The van der Waals surface area contributed by atoms with Crippen LogP contribution in [0.2, 0.25) is 0 Å². The highest BCUT2D eigenvalue weighted by molar-refractivity contribution is 9.10. The van der Waals surface area contributed by atoms with E-state index in [1.165, 1.54) is 7.05 Å². The summed E-state index contributed by atoms with van der Waals surface area (Å²) in [5, 5.41) is 0. The third kappa shape index (κ3) is 3.57. The van der Waals surface area contributed by atoms with Crippen molar-refractivity contribution in [3.05, 3.63) is 28.7 Å². The number of hydrogen-bond donors (Lipinski definition) is 0. The van der Waals surface area contributed by atoms with E-state index in [1.54, 1.807) is 24.3 Å². The fourth-order valence-corrected chi connectivity index (χ4v) is 1.32. The fourth-order valence-electron chi connectivity index (χ4n) is 1.06. The van der Waals surface area contributed by atoms with Gasteiger partial charge in [-0.2, -0.15) is 13.2 Å². The van der Waals surface area contributed by atoms with Gasteiger partial charge >= 0.3 is 6.18 Å². The SMILES string of the molecule is CN(CC(F)(F)F)c1ccc(Br)cc1. The van der Waals surface area contributed by atoms with E-state index in [9.17, 15) is 13.2 Å². The normalized spacial score (nSPS) is 11.5. The first kappa shape index (κ1) is 11.4. The highest BCUT2D eigenvalue weighted by atomic mass is 79.9. The predicted molar refractivity (Wildman–Crippen MR) is 53.5 cm³/mol. The van der Waals surface area contributed by atoms with Gasteiger partial charge < -0.3 is 4.90 Å². The molecule has 0 aromatic heterocycles. The molecule has 0 saturated heterocycles. The number of alkyl halides is 3. The molecule has 0 heterocycles. The van der Waals surface area contributed by atoms with Crippen molar-refractivity contribution in [2.75, 3.05) is 18.5 Å². The Kier molecular flexibility index (Phi) is 3.42. The van der Waals surface area contributed by atoms with Gasteiger partial charge in [-0.05, 0) is 24.3 Å². The maximum atomic E-state index is 12.0. The maximum absolute atomic E-state index is 12.0. The molecule has 0 radical (unpaired) electrons. The predicted octanol–water partition coefficient (Wildman–Crippen LogP) is 3.45. The lowest BCUT2D eigenvalue weighted by Gasteiger charge is -2.20. The van der Waals surface area contributed by atoms with Crippen LogP contribution in [-0.2, 0) is 0 Å². The second kappa shape index (κ2) is 4.21. The molecule has 0 unspecified atom stereocenters. The summed E-state index contributed by atoms with van der Waals surface area (Å²) in [5.41, 5.74) is 0.547. The second-order valence-electron chi connectivity index (χ2n) is 2.95. The molecule has 0 fully saturated rings. The average molecular weight is 268 g/mol. The van der Waals surface area contributed by atoms with Gasteiger partial charge in [0.2, 0.25) is 0 Å². The number of anilines is 1. The van der Waals surface area contributed by atoms with Crippen LogP contribution in [0.15, 0.2) is 28.7 Å². The zero-order valence-electron chi connectivity index (χ0n) is 7.48. The summed E-state index contributed by atoms with van der Waals surface area (Å²) in [6.07, 6.45) is -4.16. The Bertz CT molecular complexity index is 294. The average Bonchev–Trinajstić information content (AvgIpc) is 2.02. The summed E-state index contributed by atoms with van der Waals surface area (Å²) in [7, 11) is 1.41. The van der Waals surface area contributed by atoms with Crippen LogP contribution in [0.3, 0.4) is 0 Å². The summed E-state index contributed by atoms with van der Waals surface area (Å²) in [6, 6.07) is 6.69. The van der Waals surface area contributed by atoms with Crippen molar-refractivity contribution in [1.29, 1.82) is 0 Å². The lowest BCUT2D eigenvalue weighted by Crippen LogP contribution is -2.30. The molecule has 0 aliphatic carbocycles. The van der Waals surface area contributed by atoms with Gasteiger partial charge in [0, 0.05) is 17.2 Å². The van der Waals surface area contributed by atoms with Crippen LogP contribution in [0.4, 0.5) is 18.9 Å². The molecule has 0 aliphatic rings. The van der Waals surface area contributed by atoms with E-state index in [0.29, 0.717) is 5.69 Å². The van der Waals surface area contributed by atoms with Crippen LogP contribution in [0.1, 0.15) is 0 Å². The van der Waals surface area contributed by atoms with E-state index in [4.69, 9.17) is 0 Å². The lowest BCUT2D eigenvalue weighted by molar-refractivity contribution is -0.119. The molecule has 1 nitrogen and oxygen atoms in total. The molecule has 0 spiro atoms. The Morgan fingerprint density at radius 1 is 1.21 bits per heavy atom. The molecule has 0 aliphatic heterocycles. The first-order chi connectivity index (χ1) is 6.38. The minimum Gasteiger partial charge on any atom is -0.366 e. The molecule has 5 heteroatoms. The Labute approximate surface area is 88.7 Å². The first-order valence-corrected chi connectivity index (χ1v) is 4.71. The summed E-state index contributed by atoms with van der Waals surface area (Å²) >= 11 is 3.22. The zero-order valence-corrected chi connectivity index (χ0v) is 9.06. The molecule has 1 aromatic rings. The molecule has 1 rings (SSSR count). The molecule has 0 amide bonds. The smallest absolute Gasteiger partial charge is 0.366 e.